The SMILES string of the molecule is CCOCCN1CCN(CCCN2CCCC2=O)C[C@@H]1C. The zero-order chi connectivity index (χ0) is 15.1. The van der Waals surface area contributed by atoms with E-state index in [-0.39, 0.29) is 0 Å². The molecule has 21 heavy (non-hydrogen) atoms. The van der Waals surface area contributed by atoms with Crippen molar-refractivity contribution in [2.45, 2.75) is 39.2 Å². The summed E-state index contributed by atoms with van der Waals surface area (Å²) in [6.07, 6.45) is 2.92. The predicted molar refractivity (Wildman–Crippen MR) is 84.4 cm³/mol. The number of hydrogen-bond donors (Lipinski definition) is 0. The van der Waals surface area contributed by atoms with E-state index in [1.165, 1.54) is 0 Å². The van der Waals surface area contributed by atoms with Crippen molar-refractivity contribution in [3.63, 3.8) is 0 Å². The normalized spacial score (nSPS) is 25.0. The van der Waals surface area contributed by atoms with Crippen LogP contribution in [0.25, 0.3) is 0 Å². The molecule has 0 aliphatic carbocycles. The molecule has 0 radical (unpaired) electrons. The zero-order valence-corrected chi connectivity index (χ0v) is 13.7. The molecule has 0 unspecified atom stereocenters. The van der Waals surface area contributed by atoms with Gasteiger partial charge in [-0.15, -0.1) is 0 Å². The van der Waals surface area contributed by atoms with E-state index in [0.717, 1.165) is 78.3 Å². The lowest BCUT2D eigenvalue weighted by atomic mass is 10.2. The molecule has 2 fully saturated rings. The van der Waals surface area contributed by atoms with Gasteiger partial charge in [-0.3, -0.25) is 9.69 Å². The van der Waals surface area contributed by atoms with Crippen LogP contribution in [0.1, 0.15) is 33.1 Å². The maximum absolute atomic E-state index is 11.6. The fraction of sp³-hybridized carbons (Fsp3) is 0.938. The average molecular weight is 297 g/mol. The molecule has 0 N–H and O–H groups in total. The summed E-state index contributed by atoms with van der Waals surface area (Å²) in [6, 6.07) is 0.604. The van der Waals surface area contributed by atoms with Gasteiger partial charge < -0.3 is 14.5 Å². The van der Waals surface area contributed by atoms with Crippen molar-refractivity contribution < 1.29 is 9.53 Å². The Bertz CT molecular complexity index is 325. The second kappa shape index (κ2) is 8.71. The fourth-order valence-corrected chi connectivity index (χ4v) is 3.36. The number of carbonyl (C=O) groups is 1. The molecule has 1 atom stereocenters. The molecule has 5 nitrogen and oxygen atoms in total. The summed E-state index contributed by atoms with van der Waals surface area (Å²) in [7, 11) is 0. The van der Waals surface area contributed by atoms with Gasteiger partial charge in [0, 0.05) is 58.3 Å². The molecular formula is C16H31N3O2. The minimum atomic E-state index is 0.351. The summed E-state index contributed by atoms with van der Waals surface area (Å²) in [6.45, 7) is 13.5. The van der Waals surface area contributed by atoms with Gasteiger partial charge >= 0.3 is 0 Å². The number of amides is 1. The third-order valence-electron chi connectivity index (χ3n) is 4.65. The van der Waals surface area contributed by atoms with Crippen molar-refractivity contribution in [2.24, 2.45) is 0 Å². The Labute approximate surface area is 129 Å². The molecule has 2 aliphatic heterocycles. The molecular weight excluding hydrogens is 266 g/mol. The van der Waals surface area contributed by atoms with Crippen LogP contribution >= 0.6 is 0 Å². The molecule has 0 spiro atoms. The highest BCUT2D eigenvalue weighted by Crippen LogP contribution is 2.12. The number of likely N-dealkylation sites (tertiary alicyclic amines) is 1. The highest BCUT2D eigenvalue weighted by atomic mass is 16.5. The van der Waals surface area contributed by atoms with Gasteiger partial charge in [-0.2, -0.15) is 0 Å². The maximum atomic E-state index is 11.6. The second-order valence-corrected chi connectivity index (χ2v) is 6.22. The minimum absolute atomic E-state index is 0.351. The number of carbonyl (C=O) groups excluding carboxylic acids is 1. The summed E-state index contributed by atoms with van der Waals surface area (Å²) < 4.78 is 5.45. The molecule has 2 heterocycles. The van der Waals surface area contributed by atoms with E-state index >= 15 is 0 Å². The van der Waals surface area contributed by atoms with E-state index in [2.05, 4.69) is 16.7 Å². The molecule has 122 valence electrons. The number of piperazine rings is 1. The minimum Gasteiger partial charge on any atom is -0.380 e. The van der Waals surface area contributed by atoms with Crippen LogP contribution in [0.3, 0.4) is 0 Å². The van der Waals surface area contributed by atoms with E-state index < -0.39 is 0 Å². The lowest BCUT2D eigenvalue weighted by molar-refractivity contribution is -0.127. The van der Waals surface area contributed by atoms with Crippen molar-refractivity contribution in [3.8, 4) is 0 Å². The van der Waals surface area contributed by atoms with Gasteiger partial charge in [-0.1, -0.05) is 0 Å². The van der Waals surface area contributed by atoms with Gasteiger partial charge in [0.25, 0.3) is 0 Å². The first kappa shape index (κ1) is 16.7. The lowest BCUT2D eigenvalue weighted by Crippen LogP contribution is -2.52. The van der Waals surface area contributed by atoms with Crippen LogP contribution in [0.15, 0.2) is 0 Å². The van der Waals surface area contributed by atoms with Crippen LogP contribution in [0, 0.1) is 0 Å². The molecule has 5 heteroatoms. The van der Waals surface area contributed by atoms with E-state index in [9.17, 15) is 4.79 Å². The topological polar surface area (TPSA) is 36.0 Å². The molecule has 1 amide bonds. The first-order valence-corrected chi connectivity index (χ1v) is 8.52. The Balaban J connectivity index is 1.60. The van der Waals surface area contributed by atoms with Gasteiger partial charge in [0.05, 0.1) is 6.61 Å². The summed E-state index contributed by atoms with van der Waals surface area (Å²) in [4.78, 5) is 18.7. The Hall–Kier alpha value is -0.650. The molecule has 0 aromatic rings. The van der Waals surface area contributed by atoms with Crippen molar-refractivity contribution in [2.75, 3.05) is 59.0 Å². The summed E-state index contributed by atoms with van der Waals surface area (Å²) in [5.74, 6) is 0.351. The van der Waals surface area contributed by atoms with Crippen LogP contribution in [0.5, 0.6) is 0 Å². The molecule has 2 saturated heterocycles. The lowest BCUT2D eigenvalue weighted by Gasteiger charge is -2.40. The molecule has 2 aliphatic rings. The molecule has 0 bridgehead atoms. The van der Waals surface area contributed by atoms with Crippen molar-refractivity contribution in [1.82, 2.24) is 14.7 Å². The molecule has 2 rings (SSSR count). The van der Waals surface area contributed by atoms with E-state index in [1.807, 2.05) is 11.8 Å². The summed E-state index contributed by atoms with van der Waals surface area (Å²) >= 11 is 0. The highest BCUT2D eigenvalue weighted by Gasteiger charge is 2.24. The maximum Gasteiger partial charge on any atom is 0.222 e. The monoisotopic (exact) mass is 297 g/mol. The van der Waals surface area contributed by atoms with E-state index in [4.69, 9.17) is 4.74 Å². The van der Waals surface area contributed by atoms with E-state index in [0.29, 0.717) is 11.9 Å². The Morgan fingerprint density at radius 2 is 2.05 bits per heavy atom. The van der Waals surface area contributed by atoms with Gasteiger partial charge in [-0.05, 0) is 33.2 Å². The van der Waals surface area contributed by atoms with Gasteiger partial charge in [0.1, 0.15) is 0 Å². The molecule has 0 aromatic heterocycles. The fourth-order valence-electron chi connectivity index (χ4n) is 3.36. The summed E-state index contributed by atoms with van der Waals surface area (Å²) in [5.41, 5.74) is 0. The van der Waals surface area contributed by atoms with Gasteiger partial charge in [-0.25, -0.2) is 0 Å². The third kappa shape index (κ3) is 5.24. The zero-order valence-electron chi connectivity index (χ0n) is 13.7. The standard InChI is InChI=1S/C16H31N3O2/c1-3-21-13-12-18-11-10-17(14-15(18)2)7-5-9-19-8-4-6-16(19)20/h15H,3-14H2,1-2H3/t15-/m0/s1. The van der Waals surface area contributed by atoms with Crippen molar-refractivity contribution in [3.05, 3.63) is 0 Å². The molecule has 0 aromatic carbocycles. The van der Waals surface area contributed by atoms with Crippen molar-refractivity contribution in [1.29, 1.82) is 0 Å². The number of ether oxygens (including phenoxy) is 1. The average Bonchev–Trinajstić information content (AvgIpc) is 2.87. The number of rotatable bonds is 8. The van der Waals surface area contributed by atoms with Crippen LogP contribution in [0.2, 0.25) is 0 Å². The smallest absolute Gasteiger partial charge is 0.222 e. The highest BCUT2D eigenvalue weighted by molar-refractivity contribution is 5.77. The van der Waals surface area contributed by atoms with Gasteiger partial charge in [0.2, 0.25) is 5.91 Å². The van der Waals surface area contributed by atoms with Crippen LogP contribution < -0.4 is 0 Å². The van der Waals surface area contributed by atoms with Crippen LogP contribution in [0.4, 0.5) is 0 Å². The Morgan fingerprint density at radius 1 is 1.19 bits per heavy atom. The largest absolute Gasteiger partial charge is 0.380 e. The third-order valence-corrected chi connectivity index (χ3v) is 4.65. The van der Waals surface area contributed by atoms with Gasteiger partial charge in [0.15, 0.2) is 0 Å². The first-order chi connectivity index (χ1) is 10.2. The predicted octanol–water partition coefficient (Wildman–Crippen LogP) is 1.04. The number of hydrogen-bond acceptors (Lipinski definition) is 4. The molecule has 0 saturated carbocycles. The Morgan fingerprint density at radius 3 is 2.71 bits per heavy atom. The van der Waals surface area contributed by atoms with E-state index in [1.54, 1.807) is 0 Å². The van der Waals surface area contributed by atoms with Crippen LogP contribution in [-0.2, 0) is 9.53 Å². The summed E-state index contributed by atoms with van der Waals surface area (Å²) in [5, 5.41) is 0. The van der Waals surface area contributed by atoms with Crippen LogP contribution in [-0.4, -0.2) is 85.7 Å². The van der Waals surface area contributed by atoms with Crippen molar-refractivity contribution >= 4 is 5.91 Å². The quantitative estimate of drug-likeness (QED) is 0.627. The Kier molecular flexibility index (Phi) is 6.93. The first-order valence-electron chi connectivity index (χ1n) is 8.52. The second-order valence-electron chi connectivity index (χ2n) is 6.22. The number of nitrogens with zero attached hydrogens (tertiary/aromatic N) is 3.